The molecule has 3 rings (SSSR count). The van der Waals surface area contributed by atoms with Gasteiger partial charge in [-0.2, -0.15) is 0 Å². The van der Waals surface area contributed by atoms with Gasteiger partial charge in [0, 0.05) is 50.5 Å². The first-order valence-corrected chi connectivity index (χ1v) is 9.55. The second-order valence-electron chi connectivity index (χ2n) is 8.70. The van der Waals surface area contributed by atoms with Crippen molar-refractivity contribution in [2.24, 2.45) is 18.4 Å². The Morgan fingerprint density at radius 1 is 1.44 bits per heavy atom. The summed E-state index contributed by atoms with van der Waals surface area (Å²) < 4.78 is 2.02. The second kappa shape index (κ2) is 6.98. The van der Waals surface area contributed by atoms with E-state index in [1.807, 2.05) is 28.9 Å². The number of nitrogens with one attached hydrogen (secondary N) is 1. The molecule has 0 bridgehead atoms. The van der Waals surface area contributed by atoms with Crippen LogP contribution < -0.4 is 5.32 Å². The maximum absolute atomic E-state index is 12.8. The third-order valence-corrected chi connectivity index (χ3v) is 5.82. The van der Waals surface area contributed by atoms with Gasteiger partial charge in [-0.3, -0.25) is 0 Å². The highest BCUT2D eigenvalue weighted by atomic mass is 16.2. The monoisotopic (exact) mass is 347 g/mol. The number of amides is 2. The van der Waals surface area contributed by atoms with Gasteiger partial charge in [0.05, 0.1) is 6.04 Å². The molecular weight excluding hydrogens is 314 g/mol. The molecule has 1 aromatic rings. The minimum absolute atomic E-state index is 0.0472. The molecule has 2 fully saturated rings. The highest BCUT2D eigenvalue weighted by Gasteiger charge is 2.50. The molecular formula is C19H33N5O. The van der Waals surface area contributed by atoms with Crippen LogP contribution in [0.25, 0.3) is 0 Å². The van der Waals surface area contributed by atoms with Crippen LogP contribution in [0.15, 0.2) is 12.4 Å². The third kappa shape index (κ3) is 3.68. The number of carbonyl (C=O) groups is 1. The number of hydrogen-bond acceptors (Lipinski definition) is 3. The number of piperidine rings is 1. The largest absolute Gasteiger partial charge is 0.338 e. The first-order chi connectivity index (χ1) is 11.8. The molecule has 3 heterocycles. The smallest absolute Gasteiger partial charge is 0.318 e. The quantitative estimate of drug-likeness (QED) is 0.911. The number of urea groups is 1. The van der Waals surface area contributed by atoms with Gasteiger partial charge in [0.2, 0.25) is 0 Å². The van der Waals surface area contributed by atoms with E-state index in [2.05, 4.69) is 42.9 Å². The second-order valence-corrected chi connectivity index (χ2v) is 8.70. The summed E-state index contributed by atoms with van der Waals surface area (Å²) in [7, 11) is 2.00. The van der Waals surface area contributed by atoms with Crippen molar-refractivity contribution in [2.75, 3.05) is 26.2 Å². The highest BCUT2D eigenvalue weighted by molar-refractivity contribution is 5.76. The normalized spacial score (nSPS) is 26.6. The van der Waals surface area contributed by atoms with E-state index in [9.17, 15) is 4.79 Å². The van der Waals surface area contributed by atoms with Crippen molar-refractivity contribution in [2.45, 2.75) is 52.6 Å². The van der Waals surface area contributed by atoms with E-state index < -0.39 is 0 Å². The number of rotatable bonds is 4. The molecule has 2 atom stereocenters. The summed E-state index contributed by atoms with van der Waals surface area (Å²) in [5.41, 5.74) is 0.0652. The molecule has 2 amide bonds. The molecule has 2 saturated heterocycles. The molecule has 0 saturated carbocycles. The first-order valence-electron chi connectivity index (χ1n) is 9.55. The molecule has 0 aromatic carbocycles. The fraction of sp³-hybridized carbons (Fsp3) is 0.789. The van der Waals surface area contributed by atoms with Gasteiger partial charge in [-0.25, -0.2) is 9.78 Å². The van der Waals surface area contributed by atoms with Crippen molar-refractivity contribution in [3.8, 4) is 0 Å². The number of carbonyl (C=O) groups excluding carboxylic acids is 1. The number of imidazole rings is 1. The fourth-order valence-corrected chi connectivity index (χ4v) is 4.31. The van der Waals surface area contributed by atoms with Gasteiger partial charge < -0.3 is 19.7 Å². The summed E-state index contributed by atoms with van der Waals surface area (Å²) in [6.45, 7) is 12.7. The number of aromatic nitrogens is 2. The maximum atomic E-state index is 12.8. The molecule has 0 radical (unpaired) electrons. The summed E-state index contributed by atoms with van der Waals surface area (Å²) in [6, 6.07) is 0.683. The van der Waals surface area contributed by atoms with E-state index in [1.165, 1.54) is 19.4 Å². The molecule has 0 spiro atoms. The van der Waals surface area contributed by atoms with Crippen LogP contribution in [0.3, 0.4) is 0 Å². The average molecular weight is 348 g/mol. The topological polar surface area (TPSA) is 53.4 Å². The van der Waals surface area contributed by atoms with Gasteiger partial charge in [-0.15, -0.1) is 0 Å². The molecule has 0 aliphatic carbocycles. The van der Waals surface area contributed by atoms with E-state index in [4.69, 9.17) is 0 Å². The number of hydrogen-bond donors (Lipinski definition) is 1. The van der Waals surface area contributed by atoms with Crippen molar-refractivity contribution < 1.29 is 4.79 Å². The lowest BCUT2D eigenvalue weighted by molar-refractivity contribution is -0.0234. The van der Waals surface area contributed by atoms with Gasteiger partial charge in [-0.1, -0.05) is 13.8 Å². The number of likely N-dealkylation sites (tertiary alicyclic amines) is 2. The summed E-state index contributed by atoms with van der Waals surface area (Å²) >= 11 is 0. The Kier molecular flexibility index (Phi) is 5.09. The third-order valence-electron chi connectivity index (χ3n) is 5.82. The number of nitrogens with zero attached hydrogens (tertiary/aromatic N) is 4. The summed E-state index contributed by atoms with van der Waals surface area (Å²) in [4.78, 5) is 21.7. The van der Waals surface area contributed by atoms with Crippen LogP contribution in [0, 0.1) is 11.3 Å². The van der Waals surface area contributed by atoms with E-state index in [1.54, 1.807) is 0 Å². The van der Waals surface area contributed by atoms with Crippen LogP contribution >= 0.6 is 0 Å². The molecule has 2 unspecified atom stereocenters. The van der Waals surface area contributed by atoms with Crippen LogP contribution in [-0.2, 0) is 7.05 Å². The molecule has 1 aromatic heterocycles. The minimum atomic E-state index is 0.0472. The Morgan fingerprint density at radius 2 is 2.20 bits per heavy atom. The van der Waals surface area contributed by atoms with Gasteiger partial charge in [0.15, 0.2) is 0 Å². The van der Waals surface area contributed by atoms with E-state index in [0.29, 0.717) is 12.0 Å². The van der Waals surface area contributed by atoms with Crippen LogP contribution in [0.5, 0.6) is 0 Å². The zero-order valence-corrected chi connectivity index (χ0v) is 16.3. The Balaban J connectivity index is 1.57. The van der Waals surface area contributed by atoms with E-state index in [-0.39, 0.29) is 17.5 Å². The molecule has 2 aliphatic heterocycles. The molecule has 1 N–H and O–H groups in total. The molecule has 140 valence electrons. The SMILES string of the molecule is CC(C)N1CCCC(CNC(=O)N2CC(C)(C)C2c2nccn2C)C1. The Labute approximate surface area is 151 Å². The van der Waals surface area contributed by atoms with Crippen molar-refractivity contribution in [3.63, 3.8) is 0 Å². The Bertz CT molecular complexity index is 609. The van der Waals surface area contributed by atoms with Crippen molar-refractivity contribution in [3.05, 3.63) is 18.2 Å². The minimum Gasteiger partial charge on any atom is -0.338 e. The lowest BCUT2D eigenvalue weighted by Crippen LogP contribution is -2.61. The van der Waals surface area contributed by atoms with Gasteiger partial charge in [0.1, 0.15) is 5.82 Å². The van der Waals surface area contributed by atoms with Crippen molar-refractivity contribution in [1.29, 1.82) is 0 Å². The Morgan fingerprint density at radius 3 is 2.80 bits per heavy atom. The summed E-state index contributed by atoms with van der Waals surface area (Å²) in [6.07, 6.45) is 6.19. The van der Waals surface area contributed by atoms with E-state index >= 15 is 0 Å². The van der Waals surface area contributed by atoms with Crippen LogP contribution in [-0.4, -0.2) is 57.6 Å². The van der Waals surface area contributed by atoms with Crippen LogP contribution in [0.2, 0.25) is 0 Å². The molecule has 2 aliphatic rings. The Hall–Kier alpha value is -1.56. The number of aryl methyl sites for hydroxylation is 1. The van der Waals surface area contributed by atoms with Crippen molar-refractivity contribution in [1.82, 2.24) is 24.7 Å². The maximum Gasteiger partial charge on any atom is 0.318 e. The van der Waals surface area contributed by atoms with Gasteiger partial charge >= 0.3 is 6.03 Å². The lowest BCUT2D eigenvalue weighted by Gasteiger charge is -2.53. The molecule has 6 nitrogen and oxygen atoms in total. The van der Waals surface area contributed by atoms with Crippen molar-refractivity contribution >= 4 is 6.03 Å². The van der Waals surface area contributed by atoms with Crippen LogP contribution in [0.4, 0.5) is 4.79 Å². The zero-order chi connectivity index (χ0) is 18.2. The fourth-order valence-electron chi connectivity index (χ4n) is 4.31. The summed E-state index contributed by atoms with van der Waals surface area (Å²) in [5, 5.41) is 3.19. The summed E-state index contributed by atoms with van der Waals surface area (Å²) in [5.74, 6) is 1.52. The first kappa shape index (κ1) is 18.2. The average Bonchev–Trinajstić information content (AvgIpc) is 2.96. The predicted octanol–water partition coefficient (Wildman–Crippen LogP) is 2.63. The molecule has 6 heteroatoms. The highest BCUT2D eigenvalue weighted by Crippen LogP contribution is 2.47. The van der Waals surface area contributed by atoms with Gasteiger partial charge in [-0.05, 0) is 39.2 Å². The van der Waals surface area contributed by atoms with E-state index in [0.717, 1.165) is 25.5 Å². The lowest BCUT2D eigenvalue weighted by atomic mass is 9.74. The standard InChI is InChI=1S/C19H33N5O/c1-14(2)23-9-6-7-15(12-23)11-21-18(25)24-13-19(3,4)16(24)17-20-8-10-22(17)5/h8,10,14-16H,6-7,9,11-13H2,1-5H3,(H,21,25). The predicted molar refractivity (Wildman–Crippen MR) is 99.3 cm³/mol. The zero-order valence-electron chi connectivity index (χ0n) is 16.3. The van der Waals surface area contributed by atoms with Crippen LogP contribution in [0.1, 0.15) is 52.4 Å². The van der Waals surface area contributed by atoms with Gasteiger partial charge in [0.25, 0.3) is 0 Å². The molecule has 25 heavy (non-hydrogen) atoms.